The minimum absolute atomic E-state index is 0.653. The lowest BCUT2D eigenvalue weighted by molar-refractivity contribution is 1.18. The first-order chi connectivity index (χ1) is 22.8. The summed E-state index contributed by atoms with van der Waals surface area (Å²) >= 11 is 0. The fourth-order valence-corrected chi connectivity index (χ4v) is 7.16. The molecule has 0 aliphatic heterocycles. The van der Waals surface area contributed by atoms with Crippen LogP contribution < -0.4 is 0 Å². The molecule has 2 aromatic heterocycles. The van der Waals surface area contributed by atoms with Gasteiger partial charge in [-0.1, -0.05) is 115 Å². The second-order valence-electron chi connectivity index (χ2n) is 11.7. The molecule has 0 unspecified atom stereocenters. The number of aromatic nitrogens is 2. The van der Waals surface area contributed by atoms with E-state index < -0.39 is 0 Å². The molecule has 9 aromatic rings. The lowest BCUT2D eigenvalue weighted by atomic mass is 9.95. The van der Waals surface area contributed by atoms with Crippen LogP contribution in [-0.2, 0) is 0 Å². The van der Waals surface area contributed by atoms with E-state index in [1.54, 1.807) is 0 Å². The zero-order valence-electron chi connectivity index (χ0n) is 24.9. The first-order valence-electron chi connectivity index (χ1n) is 15.5. The smallest absolute Gasteiger partial charge is 0.0998 e. The number of hydrogen-bond donors (Lipinski definition) is 0. The molecule has 0 aliphatic rings. The minimum atomic E-state index is 0.653. The second-order valence-corrected chi connectivity index (χ2v) is 11.7. The Labute approximate surface area is 266 Å². The predicted molar refractivity (Wildman–Crippen MR) is 191 cm³/mol. The molecule has 0 saturated heterocycles. The van der Waals surface area contributed by atoms with Gasteiger partial charge in [0.1, 0.15) is 0 Å². The molecular formula is C43H27N3. The molecule has 9 rings (SSSR count). The van der Waals surface area contributed by atoms with Gasteiger partial charge >= 0.3 is 0 Å². The van der Waals surface area contributed by atoms with Gasteiger partial charge in [0.05, 0.1) is 39.4 Å². The summed E-state index contributed by atoms with van der Waals surface area (Å²) in [6, 6.07) is 60.1. The van der Waals surface area contributed by atoms with Crippen molar-refractivity contribution in [1.82, 2.24) is 9.13 Å². The largest absolute Gasteiger partial charge is 0.309 e. The molecular weight excluding hydrogens is 558 g/mol. The lowest BCUT2D eigenvalue weighted by Crippen LogP contribution is -1.99. The van der Waals surface area contributed by atoms with Gasteiger partial charge in [-0.15, -0.1) is 0 Å². The molecule has 3 heteroatoms. The fourth-order valence-electron chi connectivity index (χ4n) is 7.16. The highest BCUT2D eigenvalue weighted by molar-refractivity contribution is 6.10. The molecule has 0 fully saturated rings. The zero-order valence-corrected chi connectivity index (χ0v) is 24.9. The van der Waals surface area contributed by atoms with E-state index in [1.807, 2.05) is 12.1 Å². The molecule has 2 heterocycles. The molecule has 46 heavy (non-hydrogen) atoms. The van der Waals surface area contributed by atoms with E-state index in [-0.39, 0.29) is 0 Å². The molecule has 214 valence electrons. The van der Waals surface area contributed by atoms with Crippen LogP contribution in [0.4, 0.5) is 0 Å². The van der Waals surface area contributed by atoms with Crippen LogP contribution in [0.5, 0.6) is 0 Å². The maximum atomic E-state index is 10.3. The van der Waals surface area contributed by atoms with Gasteiger partial charge in [0.25, 0.3) is 0 Å². The Balaban J connectivity index is 1.18. The highest BCUT2D eigenvalue weighted by Crippen LogP contribution is 2.39. The number of hydrogen-bond acceptors (Lipinski definition) is 1. The second kappa shape index (κ2) is 10.4. The average molecular weight is 586 g/mol. The van der Waals surface area contributed by atoms with E-state index >= 15 is 0 Å². The number of nitriles is 1. The van der Waals surface area contributed by atoms with Crippen molar-refractivity contribution >= 4 is 43.6 Å². The SMILES string of the molecule is N#Cc1cccc(-n2c3ccccc3c3ccccc32)c1-c1ccc(-c2cccc(-n3c4ccccc4c4ccccc43)c2)cc1. The number of nitrogens with zero attached hydrogens (tertiary/aromatic N) is 3. The molecule has 0 bridgehead atoms. The maximum absolute atomic E-state index is 10.3. The summed E-state index contributed by atoms with van der Waals surface area (Å²) in [5.74, 6) is 0. The normalized spacial score (nSPS) is 11.5. The number of benzene rings is 7. The number of fused-ring (bicyclic) bond motifs is 6. The molecule has 0 radical (unpaired) electrons. The van der Waals surface area contributed by atoms with Gasteiger partial charge in [-0.3, -0.25) is 0 Å². The number of para-hydroxylation sites is 4. The van der Waals surface area contributed by atoms with Crippen molar-refractivity contribution < 1.29 is 0 Å². The third kappa shape index (κ3) is 3.91. The molecule has 0 aliphatic carbocycles. The first kappa shape index (κ1) is 26.1. The van der Waals surface area contributed by atoms with Gasteiger partial charge in [-0.05, 0) is 65.2 Å². The van der Waals surface area contributed by atoms with Crippen LogP contribution in [0.15, 0.2) is 164 Å². The molecule has 7 aromatic carbocycles. The topological polar surface area (TPSA) is 33.6 Å². The summed E-state index contributed by atoms with van der Waals surface area (Å²) in [5, 5.41) is 15.2. The standard InChI is InChI=1S/C43H27N3/c44-28-32-12-10-22-42(46-40-20-7-3-16-36(40)37-17-4-8-21-41(37)46)43(32)30-25-23-29(24-26-30)31-11-9-13-33(27-31)45-38-18-5-1-14-34(38)35-15-2-6-19-39(35)45/h1-27H. The van der Waals surface area contributed by atoms with E-state index in [0.29, 0.717) is 5.56 Å². The van der Waals surface area contributed by atoms with E-state index in [1.165, 1.54) is 32.6 Å². The Morgan fingerprint density at radius 3 is 1.41 bits per heavy atom. The van der Waals surface area contributed by atoms with Gasteiger partial charge in [-0.2, -0.15) is 5.26 Å². The van der Waals surface area contributed by atoms with Crippen molar-refractivity contribution in [3.8, 4) is 39.7 Å². The van der Waals surface area contributed by atoms with Crippen molar-refractivity contribution in [2.75, 3.05) is 0 Å². The highest BCUT2D eigenvalue weighted by Gasteiger charge is 2.18. The summed E-state index contributed by atoms with van der Waals surface area (Å²) in [4.78, 5) is 0. The van der Waals surface area contributed by atoms with E-state index in [4.69, 9.17) is 0 Å². The van der Waals surface area contributed by atoms with Crippen molar-refractivity contribution in [2.24, 2.45) is 0 Å². The quantitative estimate of drug-likeness (QED) is 0.202. The van der Waals surface area contributed by atoms with E-state index in [0.717, 1.165) is 44.7 Å². The molecule has 0 spiro atoms. The summed E-state index contributed by atoms with van der Waals surface area (Å²) in [6.07, 6.45) is 0. The van der Waals surface area contributed by atoms with Gasteiger partial charge in [0, 0.05) is 32.8 Å². The van der Waals surface area contributed by atoms with Crippen molar-refractivity contribution in [1.29, 1.82) is 5.26 Å². The van der Waals surface area contributed by atoms with Crippen LogP contribution in [0.3, 0.4) is 0 Å². The van der Waals surface area contributed by atoms with Crippen molar-refractivity contribution in [3.63, 3.8) is 0 Å². The molecule has 0 N–H and O–H groups in total. The zero-order chi connectivity index (χ0) is 30.6. The first-order valence-corrected chi connectivity index (χ1v) is 15.5. The molecule has 0 saturated carbocycles. The monoisotopic (exact) mass is 585 g/mol. The van der Waals surface area contributed by atoms with Crippen LogP contribution in [0.2, 0.25) is 0 Å². The van der Waals surface area contributed by atoms with Crippen LogP contribution >= 0.6 is 0 Å². The van der Waals surface area contributed by atoms with Crippen molar-refractivity contribution in [2.45, 2.75) is 0 Å². The lowest BCUT2D eigenvalue weighted by Gasteiger charge is -2.16. The van der Waals surface area contributed by atoms with Crippen LogP contribution in [0.1, 0.15) is 5.56 Å². The third-order valence-corrected chi connectivity index (χ3v) is 9.18. The van der Waals surface area contributed by atoms with E-state index in [9.17, 15) is 5.26 Å². The maximum Gasteiger partial charge on any atom is 0.0998 e. The van der Waals surface area contributed by atoms with Gasteiger partial charge in [-0.25, -0.2) is 0 Å². The van der Waals surface area contributed by atoms with Crippen LogP contribution in [0.25, 0.3) is 77.2 Å². The predicted octanol–water partition coefficient (Wildman–Crippen LogP) is 11.1. The highest BCUT2D eigenvalue weighted by atomic mass is 15.0. The Bertz CT molecular complexity index is 2540. The molecule has 0 atom stereocenters. The minimum Gasteiger partial charge on any atom is -0.309 e. The average Bonchev–Trinajstić information content (AvgIpc) is 3.64. The van der Waals surface area contributed by atoms with Crippen molar-refractivity contribution in [3.05, 3.63) is 169 Å². The Hall–Kier alpha value is -6.37. The molecule has 3 nitrogen and oxygen atoms in total. The van der Waals surface area contributed by atoms with Gasteiger partial charge < -0.3 is 9.13 Å². The van der Waals surface area contributed by atoms with Crippen LogP contribution in [-0.4, -0.2) is 9.13 Å². The summed E-state index contributed by atoms with van der Waals surface area (Å²) in [6.45, 7) is 0. The third-order valence-electron chi connectivity index (χ3n) is 9.18. The summed E-state index contributed by atoms with van der Waals surface area (Å²) < 4.78 is 4.65. The fraction of sp³-hybridized carbons (Fsp3) is 0. The van der Waals surface area contributed by atoms with E-state index in [2.05, 4.69) is 167 Å². The van der Waals surface area contributed by atoms with Gasteiger partial charge in [0.15, 0.2) is 0 Å². The summed E-state index contributed by atoms with van der Waals surface area (Å²) in [5.41, 5.74) is 11.6. The Morgan fingerprint density at radius 1 is 0.391 bits per heavy atom. The van der Waals surface area contributed by atoms with Crippen LogP contribution in [0, 0.1) is 11.3 Å². The summed E-state index contributed by atoms with van der Waals surface area (Å²) in [7, 11) is 0. The van der Waals surface area contributed by atoms with Gasteiger partial charge in [0.2, 0.25) is 0 Å². The number of rotatable bonds is 4. The molecule has 0 amide bonds. The Morgan fingerprint density at radius 2 is 0.870 bits per heavy atom. The Kier molecular flexibility index (Phi) is 5.88.